The molecule has 116 valence electrons. The lowest BCUT2D eigenvalue weighted by Crippen LogP contribution is -2.27. The van der Waals surface area contributed by atoms with Crippen LogP contribution >= 0.6 is 0 Å². The first-order valence-corrected chi connectivity index (χ1v) is 7.16. The zero-order valence-corrected chi connectivity index (χ0v) is 12.3. The Morgan fingerprint density at radius 2 is 1.90 bits per heavy atom. The zero-order chi connectivity index (χ0) is 15.5. The van der Waals surface area contributed by atoms with Crippen molar-refractivity contribution in [1.29, 1.82) is 0 Å². The second-order valence-electron chi connectivity index (χ2n) is 4.63. The molecule has 1 aromatic carbocycles. The maximum atomic E-state index is 11.4. The van der Waals surface area contributed by atoms with Crippen molar-refractivity contribution in [2.75, 3.05) is 19.8 Å². The van der Waals surface area contributed by atoms with E-state index in [1.165, 1.54) is 5.56 Å². The highest BCUT2D eigenvalue weighted by Crippen LogP contribution is 2.08. The van der Waals surface area contributed by atoms with Crippen LogP contribution in [-0.2, 0) is 25.5 Å². The molecule has 0 amide bonds. The van der Waals surface area contributed by atoms with Crippen molar-refractivity contribution in [3.05, 3.63) is 35.9 Å². The second kappa shape index (κ2) is 9.94. The molecule has 21 heavy (non-hydrogen) atoms. The molecule has 0 aliphatic carbocycles. The average molecular weight is 294 g/mol. The fourth-order valence-corrected chi connectivity index (χ4v) is 1.91. The topological polar surface area (TPSA) is 72.8 Å². The Morgan fingerprint density at radius 3 is 2.52 bits per heavy atom. The molecule has 0 saturated heterocycles. The molecule has 0 heterocycles. The smallest absolute Gasteiger partial charge is 0.320 e. The molecule has 1 aromatic rings. The fourth-order valence-electron chi connectivity index (χ4n) is 1.91. The van der Waals surface area contributed by atoms with Crippen molar-refractivity contribution in [1.82, 2.24) is 0 Å². The van der Waals surface area contributed by atoms with Crippen LogP contribution in [0, 0.1) is 5.92 Å². The molecule has 1 N–H and O–H groups in total. The van der Waals surface area contributed by atoms with Crippen LogP contribution in [-0.4, -0.2) is 36.9 Å². The summed E-state index contributed by atoms with van der Waals surface area (Å²) in [5, 5.41) is 8.97. The molecule has 1 unspecified atom stereocenters. The minimum atomic E-state index is -1.17. The van der Waals surface area contributed by atoms with Gasteiger partial charge >= 0.3 is 11.9 Å². The predicted molar refractivity (Wildman–Crippen MR) is 78.0 cm³/mol. The molecular formula is C16H22O5. The van der Waals surface area contributed by atoms with E-state index in [-0.39, 0.29) is 19.6 Å². The fraction of sp³-hybridized carbons (Fsp3) is 0.500. The number of ether oxygens (including phenoxy) is 2. The van der Waals surface area contributed by atoms with E-state index in [4.69, 9.17) is 14.6 Å². The van der Waals surface area contributed by atoms with Gasteiger partial charge in [0, 0.05) is 13.2 Å². The number of carboxylic acid groups (broad SMARTS) is 1. The Kier molecular flexibility index (Phi) is 8.12. The lowest BCUT2D eigenvalue weighted by atomic mass is 10.1. The van der Waals surface area contributed by atoms with Crippen LogP contribution in [0.5, 0.6) is 0 Å². The van der Waals surface area contributed by atoms with E-state index >= 15 is 0 Å². The monoisotopic (exact) mass is 294 g/mol. The van der Waals surface area contributed by atoms with Gasteiger partial charge in [-0.2, -0.15) is 0 Å². The highest BCUT2D eigenvalue weighted by atomic mass is 16.5. The third kappa shape index (κ3) is 6.90. The van der Waals surface area contributed by atoms with Gasteiger partial charge in [-0.15, -0.1) is 0 Å². The second-order valence-corrected chi connectivity index (χ2v) is 4.63. The summed E-state index contributed by atoms with van der Waals surface area (Å²) >= 11 is 0. The van der Waals surface area contributed by atoms with Crippen LogP contribution in [0.3, 0.4) is 0 Å². The molecular weight excluding hydrogens is 272 g/mol. The van der Waals surface area contributed by atoms with Gasteiger partial charge in [0.05, 0.1) is 6.61 Å². The summed E-state index contributed by atoms with van der Waals surface area (Å²) in [7, 11) is 0. The van der Waals surface area contributed by atoms with Crippen LogP contribution in [0.1, 0.15) is 25.3 Å². The Labute approximate surface area is 124 Å². The molecule has 0 saturated carbocycles. The molecule has 1 rings (SSSR count). The number of carboxylic acids is 1. The van der Waals surface area contributed by atoms with E-state index in [9.17, 15) is 9.59 Å². The number of benzene rings is 1. The average Bonchev–Trinajstić information content (AvgIpc) is 2.47. The number of rotatable bonds is 10. The number of hydrogen-bond acceptors (Lipinski definition) is 4. The van der Waals surface area contributed by atoms with Crippen LogP contribution in [0.2, 0.25) is 0 Å². The largest absolute Gasteiger partial charge is 0.481 e. The Hall–Kier alpha value is -1.88. The molecule has 0 bridgehead atoms. The van der Waals surface area contributed by atoms with E-state index in [0.29, 0.717) is 6.61 Å². The minimum Gasteiger partial charge on any atom is -0.481 e. The van der Waals surface area contributed by atoms with Gasteiger partial charge in [-0.05, 0) is 31.7 Å². The number of esters is 1. The van der Waals surface area contributed by atoms with E-state index in [0.717, 1.165) is 12.8 Å². The Morgan fingerprint density at radius 1 is 1.19 bits per heavy atom. The van der Waals surface area contributed by atoms with Crippen molar-refractivity contribution >= 4 is 11.9 Å². The summed E-state index contributed by atoms with van der Waals surface area (Å²) in [6.45, 7) is 2.62. The first-order chi connectivity index (χ1) is 10.1. The predicted octanol–water partition coefficient (Wildman–Crippen LogP) is 2.29. The number of carbonyl (C=O) groups excluding carboxylic acids is 1. The highest BCUT2D eigenvalue weighted by Gasteiger charge is 2.27. The van der Waals surface area contributed by atoms with Crippen molar-refractivity contribution < 1.29 is 24.2 Å². The maximum Gasteiger partial charge on any atom is 0.320 e. The molecule has 1 atom stereocenters. The standard InChI is InChI=1S/C16H22O5/c1-2-21-16(19)14(15(17)18)10-12-20-11-6-9-13-7-4-3-5-8-13/h3-5,7-8,14H,2,6,9-12H2,1H3,(H,17,18). The summed E-state index contributed by atoms with van der Waals surface area (Å²) in [6.07, 6.45) is 1.92. The third-order valence-electron chi connectivity index (χ3n) is 3.02. The van der Waals surface area contributed by atoms with Crippen LogP contribution < -0.4 is 0 Å². The lowest BCUT2D eigenvalue weighted by Gasteiger charge is -2.11. The van der Waals surface area contributed by atoms with Gasteiger partial charge in [0.2, 0.25) is 0 Å². The summed E-state index contributed by atoms with van der Waals surface area (Å²) in [5.41, 5.74) is 1.25. The Bertz CT molecular complexity index is 430. The molecule has 0 aromatic heterocycles. The van der Waals surface area contributed by atoms with Crippen molar-refractivity contribution in [2.45, 2.75) is 26.2 Å². The first-order valence-electron chi connectivity index (χ1n) is 7.16. The number of aryl methyl sites for hydroxylation is 1. The van der Waals surface area contributed by atoms with Gasteiger partial charge in [-0.25, -0.2) is 0 Å². The van der Waals surface area contributed by atoms with E-state index < -0.39 is 17.9 Å². The minimum absolute atomic E-state index is 0.138. The maximum absolute atomic E-state index is 11.4. The quantitative estimate of drug-likeness (QED) is 0.407. The van der Waals surface area contributed by atoms with Crippen molar-refractivity contribution in [3.63, 3.8) is 0 Å². The SMILES string of the molecule is CCOC(=O)C(CCOCCCc1ccccc1)C(=O)O. The van der Waals surface area contributed by atoms with Crippen LogP contribution in [0.25, 0.3) is 0 Å². The van der Waals surface area contributed by atoms with Gasteiger partial charge in [0.1, 0.15) is 0 Å². The molecule has 0 aliphatic rings. The summed E-state index contributed by atoms with van der Waals surface area (Å²) in [6, 6.07) is 10.1. The number of carbonyl (C=O) groups is 2. The van der Waals surface area contributed by atoms with Gasteiger partial charge < -0.3 is 14.6 Å². The summed E-state index contributed by atoms with van der Waals surface area (Å²) in [5.74, 6) is -3.00. The number of hydrogen-bond donors (Lipinski definition) is 1. The van der Waals surface area contributed by atoms with Gasteiger partial charge in [0.25, 0.3) is 0 Å². The van der Waals surface area contributed by atoms with E-state index in [1.54, 1.807) is 6.92 Å². The van der Waals surface area contributed by atoms with Crippen LogP contribution in [0.4, 0.5) is 0 Å². The van der Waals surface area contributed by atoms with Crippen LogP contribution in [0.15, 0.2) is 30.3 Å². The molecule has 5 heteroatoms. The van der Waals surface area contributed by atoms with E-state index in [1.807, 2.05) is 18.2 Å². The van der Waals surface area contributed by atoms with Gasteiger partial charge in [0.15, 0.2) is 5.92 Å². The van der Waals surface area contributed by atoms with Gasteiger partial charge in [-0.3, -0.25) is 9.59 Å². The number of aliphatic carboxylic acids is 1. The molecule has 0 aliphatic heterocycles. The van der Waals surface area contributed by atoms with Gasteiger partial charge in [-0.1, -0.05) is 30.3 Å². The molecule has 0 fully saturated rings. The van der Waals surface area contributed by atoms with E-state index in [2.05, 4.69) is 12.1 Å². The summed E-state index contributed by atoms with van der Waals surface area (Å²) < 4.78 is 10.1. The molecule has 0 radical (unpaired) electrons. The lowest BCUT2D eigenvalue weighted by molar-refractivity contribution is -0.159. The molecule has 5 nitrogen and oxygen atoms in total. The first kappa shape index (κ1) is 17.2. The molecule has 0 spiro atoms. The Balaban J connectivity index is 2.17. The van der Waals surface area contributed by atoms with Crippen molar-refractivity contribution in [2.24, 2.45) is 5.92 Å². The van der Waals surface area contributed by atoms with Crippen molar-refractivity contribution in [3.8, 4) is 0 Å². The third-order valence-corrected chi connectivity index (χ3v) is 3.02. The highest BCUT2D eigenvalue weighted by molar-refractivity contribution is 5.93. The summed E-state index contributed by atoms with van der Waals surface area (Å²) in [4.78, 5) is 22.4. The zero-order valence-electron chi connectivity index (χ0n) is 12.3. The normalized spacial score (nSPS) is 11.9.